The lowest BCUT2D eigenvalue weighted by Crippen LogP contribution is -2.51. The van der Waals surface area contributed by atoms with Crippen LogP contribution in [0.1, 0.15) is 65.6 Å². The summed E-state index contributed by atoms with van der Waals surface area (Å²) in [6.07, 6.45) is 9.62. The van der Waals surface area contributed by atoms with Crippen molar-refractivity contribution in [3.63, 3.8) is 0 Å². The van der Waals surface area contributed by atoms with Gasteiger partial charge in [-0.3, -0.25) is 14.4 Å². The molecule has 1 aromatic heterocycles. The molecular weight excluding hydrogens is 436 g/mol. The molecule has 182 valence electrons. The van der Waals surface area contributed by atoms with Gasteiger partial charge in [0.2, 0.25) is 11.8 Å². The van der Waals surface area contributed by atoms with Crippen LogP contribution >= 0.6 is 0 Å². The van der Waals surface area contributed by atoms with Crippen LogP contribution in [0.25, 0.3) is 0 Å². The van der Waals surface area contributed by atoms with E-state index in [1.54, 1.807) is 18.7 Å². The molecule has 0 aromatic carbocycles. The summed E-state index contributed by atoms with van der Waals surface area (Å²) in [7, 11) is 0. The molecule has 3 N–H and O–H groups in total. The highest BCUT2D eigenvalue weighted by Crippen LogP contribution is 2.43. The van der Waals surface area contributed by atoms with E-state index in [0.717, 1.165) is 19.3 Å². The number of nitrogens with zero attached hydrogens (tertiary/aromatic N) is 1. The zero-order valence-corrected chi connectivity index (χ0v) is 19.7. The van der Waals surface area contributed by atoms with E-state index in [2.05, 4.69) is 21.5 Å². The Bertz CT molecular complexity index is 1020. The number of hydrogen-bond acceptors (Lipinski definition) is 5. The molecule has 9 nitrogen and oxygen atoms in total. The van der Waals surface area contributed by atoms with Gasteiger partial charge in [0.1, 0.15) is 11.7 Å². The zero-order valence-electron chi connectivity index (χ0n) is 19.7. The Labute approximate surface area is 199 Å². The second-order valence-electron chi connectivity index (χ2n) is 9.44. The number of H-pyrrole nitrogens is 1. The van der Waals surface area contributed by atoms with Crippen LogP contribution in [-0.2, 0) is 14.3 Å². The van der Waals surface area contributed by atoms with Crippen molar-refractivity contribution in [2.75, 3.05) is 19.7 Å². The van der Waals surface area contributed by atoms with Crippen molar-refractivity contribution in [1.29, 1.82) is 0 Å². The highest BCUT2D eigenvalue weighted by molar-refractivity contribution is 6.00. The van der Waals surface area contributed by atoms with Crippen molar-refractivity contribution >= 4 is 23.7 Å². The van der Waals surface area contributed by atoms with Gasteiger partial charge in [-0.25, -0.2) is 4.79 Å². The molecule has 0 spiro atoms. The number of aromatic nitrogens is 1. The standard InChI is InChI=1S/C25H32N4O5/c1-4-17(11-15-9-10-26-22(15)30)28-23(31)21-18-8-6-7-16(18)13-29(21)24(32)20-12-19(14(3)27-20)25(33)34-5-2/h1,12,15-18,21,27H,5-11,13H2,2-3H3,(H,26,30)(H,28,31). The van der Waals surface area contributed by atoms with Crippen LogP contribution in [0.5, 0.6) is 0 Å². The van der Waals surface area contributed by atoms with Gasteiger partial charge in [-0.15, -0.1) is 6.42 Å². The monoisotopic (exact) mass is 468 g/mol. The first-order chi connectivity index (χ1) is 16.3. The smallest absolute Gasteiger partial charge is 0.339 e. The first-order valence-electron chi connectivity index (χ1n) is 12.1. The Morgan fingerprint density at radius 2 is 2.12 bits per heavy atom. The summed E-state index contributed by atoms with van der Waals surface area (Å²) in [4.78, 5) is 55.7. The van der Waals surface area contributed by atoms with Gasteiger partial charge in [0.05, 0.1) is 18.2 Å². The molecule has 1 aliphatic carbocycles. The fourth-order valence-electron chi connectivity index (χ4n) is 5.68. The predicted octanol–water partition coefficient (Wildman–Crippen LogP) is 1.38. The predicted molar refractivity (Wildman–Crippen MR) is 124 cm³/mol. The van der Waals surface area contributed by atoms with Gasteiger partial charge in [-0.05, 0) is 57.4 Å². The lowest BCUT2D eigenvalue weighted by Gasteiger charge is -2.28. The summed E-state index contributed by atoms with van der Waals surface area (Å²) < 4.78 is 5.07. The molecule has 2 aliphatic heterocycles. The van der Waals surface area contributed by atoms with Crippen LogP contribution in [0, 0.1) is 37.0 Å². The zero-order chi connectivity index (χ0) is 24.4. The van der Waals surface area contributed by atoms with Crippen molar-refractivity contribution in [2.24, 2.45) is 17.8 Å². The Hall–Kier alpha value is -3.28. The van der Waals surface area contributed by atoms with Crippen molar-refractivity contribution in [3.8, 4) is 12.3 Å². The quantitative estimate of drug-likeness (QED) is 0.413. The molecule has 9 heteroatoms. The van der Waals surface area contributed by atoms with E-state index in [9.17, 15) is 19.2 Å². The number of ether oxygens (including phenoxy) is 1. The minimum absolute atomic E-state index is 0.0393. The number of hydrogen-bond donors (Lipinski definition) is 3. The van der Waals surface area contributed by atoms with Gasteiger partial charge in [-0.1, -0.05) is 12.3 Å². The van der Waals surface area contributed by atoms with Crippen LogP contribution in [0.15, 0.2) is 6.07 Å². The summed E-state index contributed by atoms with van der Waals surface area (Å²) in [6, 6.07) is 0.284. The minimum atomic E-state index is -0.636. The van der Waals surface area contributed by atoms with Crippen LogP contribution in [0.4, 0.5) is 0 Å². The van der Waals surface area contributed by atoms with Gasteiger partial charge < -0.3 is 25.3 Å². The molecule has 0 radical (unpaired) electrons. The number of aryl methyl sites for hydroxylation is 1. The lowest BCUT2D eigenvalue weighted by molar-refractivity contribution is -0.127. The van der Waals surface area contributed by atoms with Crippen LogP contribution in [0.2, 0.25) is 0 Å². The molecule has 34 heavy (non-hydrogen) atoms. The average Bonchev–Trinajstić information content (AvgIpc) is 3.57. The van der Waals surface area contributed by atoms with E-state index >= 15 is 0 Å². The van der Waals surface area contributed by atoms with E-state index in [-0.39, 0.29) is 47.8 Å². The number of amides is 3. The average molecular weight is 469 g/mol. The van der Waals surface area contributed by atoms with Gasteiger partial charge in [0.15, 0.2) is 0 Å². The molecular formula is C25H32N4O5. The molecule has 5 atom stereocenters. The highest BCUT2D eigenvalue weighted by Gasteiger charge is 2.50. The summed E-state index contributed by atoms with van der Waals surface area (Å²) in [5.74, 6) is 1.58. The molecule has 3 heterocycles. The Morgan fingerprint density at radius 1 is 1.32 bits per heavy atom. The SMILES string of the molecule is C#CC(CC1CCNC1=O)NC(=O)C1C2CCCC2CN1C(=O)c1cc(C(=O)OCC)c(C)[nH]1. The van der Waals surface area contributed by atoms with E-state index in [1.165, 1.54) is 6.07 Å². The second kappa shape index (κ2) is 9.92. The summed E-state index contributed by atoms with van der Waals surface area (Å²) in [6.45, 7) is 4.78. The maximum atomic E-state index is 13.5. The van der Waals surface area contributed by atoms with E-state index in [4.69, 9.17) is 11.2 Å². The normalized spacial score (nSPS) is 26.5. The van der Waals surface area contributed by atoms with E-state index in [0.29, 0.717) is 37.2 Å². The van der Waals surface area contributed by atoms with E-state index < -0.39 is 18.1 Å². The number of fused-ring (bicyclic) bond motifs is 1. The fraction of sp³-hybridized carbons (Fsp3) is 0.600. The lowest BCUT2D eigenvalue weighted by atomic mass is 9.92. The number of terminal acetylenes is 1. The molecule has 0 bridgehead atoms. The molecule has 4 rings (SSSR count). The molecule has 3 fully saturated rings. The van der Waals surface area contributed by atoms with Gasteiger partial charge >= 0.3 is 5.97 Å². The van der Waals surface area contributed by atoms with Gasteiger partial charge in [0, 0.05) is 24.7 Å². The molecule has 5 unspecified atom stereocenters. The largest absolute Gasteiger partial charge is 0.462 e. The summed E-state index contributed by atoms with van der Waals surface area (Å²) in [5.41, 5.74) is 1.12. The van der Waals surface area contributed by atoms with Crippen molar-refractivity contribution in [2.45, 2.75) is 58.0 Å². The molecule has 1 aromatic rings. The maximum absolute atomic E-state index is 13.5. The third-order valence-corrected chi connectivity index (χ3v) is 7.36. The summed E-state index contributed by atoms with van der Waals surface area (Å²) >= 11 is 0. The number of likely N-dealkylation sites (tertiary alicyclic amines) is 1. The summed E-state index contributed by atoms with van der Waals surface area (Å²) in [5, 5.41) is 5.71. The molecule has 3 aliphatic rings. The third-order valence-electron chi connectivity index (χ3n) is 7.36. The topological polar surface area (TPSA) is 121 Å². The number of carbonyl (C=O) groups excluding carboxylic acids is 4. The third kappa shape index (κ3) is 4.54. The Morgan fingerprint density at radius 3 is 2.79 bits per heavy atom. The number of aromatic amines is 1. The van der Waals surface area contributed by atoms with E-state index in [1.807, 2.05) is 0 Å². The van der Waals surface area contributed by atoms with Crippen LogP contribution < -0.4 is 10.6 Å². The second-order valence-corrected chi connectivity index (χ2v) is 9.44. The molecule has 3 amide bonds. The first-order valence-corrected chi connectivity index (χ1v) is 12.1. The Kier molecular flexibility index (Phi) is 6.96. The molecule has 1 saturated carbocycles. The number of nitrogens with one attached hydrogen (secondary N) is 3. The minimum Gasteiger partial charge on any atom is -0.462 e. The number of carbonyl (C=O) groups is 4. The Balaban J connectivity index is 1.52. The number of esters is 1. The van der Waals surface area contributed by atoms with Crippen molar-refractivity contribution < 1.29 is 23.9 Å². The number of rotatable bonds is 7. The maximum Gasteiger partial charge on any atom is 0.339 e. The van der Waals surface area contributed by atoms with Crippen molar-refractivity contribution in [3.05, 3.63) is 23.0 Å². The molecule has 2 saturated heterocycles. The highest BCUT2D eigenvalue weighted by atomic mass is 16.5. The van der Waals surface area contributed by atoms with Crippen LogP contribution in [0.3, 0.4) is 0 Å². The van der Waals surface area contributed by atoms with Crippen LogP contribution in [-0.4, -0.2) is 65.4 Å². The van der Waals surface area contributed by atoms with Crippen molar-refractivity contribution in [1.82, 2.24) is 20.5 Å². The van der Waals surface area contributed by atoms with Gasteiger partial charge in [-0.2, -0.15) is 0 Å². The fourth-order valence-corrected chi connectivity index (χ4v) is 5.68. The van der Waals surface area contributed by atoms with Gasteiger partial charge in [0.25, 0.3) is 5.91 Å². The first kappa shape index (κ1) is 23.9.